The van der Waals surface area contributed by atoms with E-state index in [4.69, 9.17) is 10.00 Å². The van der Waals surface area contributed by atoms with Gasteiger partial charge in [-0.15, -0.1) is 0 Å². The maximum atomic E-state index is 12.7. The molecule has 0 radical (unpaired) electrons. The fourth-order valence-corrected chi connectivity index (χ4v) is 1.59. The van der Waals surface area contributed by atoms with E-state index < -0.39 is 11.9 Å². The topological polar surface area (TPSA) is 50.1 Å². The standard InChI is InChI=1S/C12H8FNO2/c13-9-3-1-8(2-4-9)11(7-14)10-5-6-16-12(10)15/h1-5,11H,6H2. The van der Waals surface area contributed by atoms with E-state index >= 15 is 0 Å². The molecule has 80 valence electrons. The van der Waals surface area contributed by atoms with Crippen LogP contribution in [0.25, 0.3) is 0 Å². The van der Waals surface area contributed by atoms with Crippen LogP contribution in [0.4, 0.5) is 4.39 Å². The number of cyclic esters (lactones) is 1. The Hall–Kier alpha value is -2.15. The molecule has 1 aromatic carbocycles. The molecule has 0 saturated carbocycles. The highest BCUT2D eigenvalue weighted by Crippen LogP contribution is 2.27. The van der Waals surface area contributed by atoms with Crippen LogP contribution >= 0.6 is 0 Å². The van der Waals surface area contributed by atoms with Gasteiger partial charge in [-0.3, -0.25) is 0 Å². The monoisotopic (exact) mass is 217 g/mol. The van der Waals surface area contributed by atoms with Crippen molar-refractivity contribution in [3.05, 3.63) is 47.3 Å². The first-order chi connectivity index (χ1) is 7.72. The molecule has 1 aromatic rings. The molecule has 1 aliphatic rings. The molecular weight excluding hydrogens is 209 g/mol. The number of carbonyl (C=O) groups excluding carboxylic acids is 1. The number of esters is 1. The van der Waals surface area contributed by atoms with Crippen LogP contribution in [0.1, 0.15) is 11.5 Å². The first kappa shape index (κ1) is 10.4. The van der Waals surface area contributed by atoms with Crippen molar-refractivity contribution in [1.29, 1.82) is 5.26 Å². The molecule has 0 N–H and O–H groups in total. The average molecular weight is 217 g/mol. The van der Waals surface area contributed by atoms with Gasteiger partial charge in [-0.25, -0.2) is 9.18 Å². The summed E-state index contributed by atoms with van der Waals surface area (Å²) in [6.07, 6.45) is 1.58. The third kappa shape index (κ3) is 1.80. The number of ether oxygens (including phenoxy) is 1. The van der Waals surface area contributed by atoms with E-state index in [1.54, 1.807) is 6.08 Å². The zero-order chi connectivity index (χ0) is 11.5. The molecule has 0 amide bonds. The van der Waals surface area contributed by atoms with E-state index in [1.165, 1.54) is 24.3 Å². The summed E-state index contributed by atoms with van der Waals surface area (Å²) in [5.41, 5.74) is 0.920. The maximum absolute atomic E-state index is 12.7. The van der Waals surface area contributed by atoms with Crippen LogP contribution < -0.4 is 0 Å². The van der Waals surface area contributed by atoms with Gasteiger partial charge in [0, 0.05) is 0 Å². The quantitative estimate of drug-likeness (QED) is 0.711. The molecule has 0 aromatic heterocycles. The third-order valence-electron chi connectivity index (χ3n) is 2.40. The van der Waals surface area contributed by atoms with E-state index in [-0.39, 0.29) is 12.4 Å². The van der Waals surface area contributed by atoms with Gasteiger partial charge in [0.1, 0.15) is 18.3 Å². The highest BCUT2D eigenvalue weighted by Gasteiger charge is 2.26. The number of nitriles is 1. The van der Waals surface area contributed by atoms with Crippen molar-refractivity contribution in [2.75, 3.05) is 6.61 Å². The van der Waals surface area contributed by atoms with Crippen LogP contribution in [-0.2, 0) is 9.53 Å². The van der Waals surface area contributed by atoms with Crippen LogP contribution in [0, 0.1) is 17.1 Å². The Balaban J connectivity index is 2.34. The van der Waals surface area contributed by atoms with Crippen LogP contribution in [0.5, 0.6) is 0 Å². The van der Waals surface area contributed by atoms with E-state index in [0.717, 1.165) is 0 Å². The molecule has 16 heavy (non-hydrogen) atoms. The van der Waals surface area contributed by atoms with E-state index in [0.29, 0.717) is 11.1 Å². The lowest BCUT2D eigenvalue weighted by Gasteiger charge is -2.08. The maximum Gasteiger partial charge on any atom is 0.335 e. The van der Waals surface area contributed by atoms with Gasteiger partial charge in [0.05, 0.1) is 11.6 Å². The molecule has 1 heterocycles. The normalized spacial score (nSPS) is 16.2. The third-order valence-corrected chi connectivity index (χ3v) is 2.40. The molecule has 0 bridgehead atoms. The minimum Gasteiger partial charge on any atom is -0.458 e. The molecule has 1 aliphatic heterocycles. The molecule has 0 fully saturated rings. The molecule has 1 atom stereocenters. The highest BCUT2D eigenvalue weighted by atomic mass is 19.1. The van der Waals surface area contributed by atoms with Crippen molar-refractivity contribution < 1.29 is 13.9 Å². The number of rotatable bonds is 2. The lowest BCUT2D eigenvalue weighted by molar-refractivity contribution is -0.136. The van der Waals surface area contributed by atoms with Crippen LogP contribution in [0.15, 0.2) is 35.9 Å². The largest absolute Gasteiger partial charge is 0.458 e. The summed E-state index contributed by atoms with van der Waals surface area (Å²) in [5.74, 6) is -1.53. The van der Waals surface area contributed by atoms with Gasteiger partial charge < -0.3 is 4.74 Å². The Labute approximate surface area is 91.8 Å². The second-order valence-corrected chi connectivity index (χ2v) is 3.37. The predicted octanol–water partition coefficient (Wildman–Crippen LogP) is 1.92. The number of carbonyl (C=O) groups is 1. The van der Waals surface area contributed by atoms with Gasteiger partial charge in [-0.05, 0) is 23.8 Å². The number of hydrogen-bond donors (Lipinski definition) is 0. The minimum atomic E-state index is -0.685. The van der Waals surface area contributed by atoms with Crippen LogP contribution in [0.2, 0.25) is 0 Å². The summed E-state index contributed by atoms with van der Waals surface area (Å²) in [6.45, 7) is 0.202. The van der Waals surface area contributed by atoms with Crippen LogP contribution in [0.3, 0.4) is 0 Å². The number of benzene rings is 1. The van der Waals surface area contributed by atoms with Gasteiger partial charge in [0.15, 0.2) is 0 Å². The molecule has 2 rings (SSSR count). The summed E-state index contributed by atoms with van der Waals surface area (Å²) in [4.78, 5) is 11.3. The predicted molar refractivity (Wildman–Crippen MR) is 53.8 cm³/mol. The van der Waals surface area contributed by atoms with Gasteiger partial charge in [-0.2, -0.15) is 5.26 Å². The molecular formula is C12H8FNO2. The number of nitrogens with zero attached hydrogens (tertiary/aromatic N) is 1. The molecule has 1 unspecified atom stereocenters. The summed E-state index contributed by atoms with van der Waals surface area (Å²) in [7, 11) is 0. The fourth-order valence-electron chi connectivity index (χ4n) is 1.59. The van der Waals surface area contributed by atoms with Crippen LogP contribution in [-0.4, -0.2) is 12.6 Å². The molecule has 0 saturated heterocycles. The minimum absolute atomic E-state index is 0.202. The Morgan fingerprint density at radius 3 is 2.56 bits per heavy atom. The van der Waals surface area contributed by atoms with Crippen molar-refractivity contribution in [3.8, 4) is 6.07 Å². The Bertz CT molecular complexity index is 485. The smallest absolute Gasteiger partial charge is 0.335 e. The molecule has 4 heteroatoms. The number of halogens is 1. The van der Waals surface area contributed by atoms with Gasteiger partial charge in [0.2, 0.25) is 0 Å². The van der Waals surface area contributed by atoms with Crippen molar-refractivity contribution >= 4 is 5.97 Å². The first-order valence-electron chi connectivity index (χ1n) is 4.74. The summed E-state index contributed by atoms with van der Waals surface area (Å²) < 4.78 is 17.5. The van der Waals surface area contributed by atoms with E-state index in [9.17, 15) is 9.18 Å². The fraction of sp³-hybridized carbons (Fsp3) is 0.167. The van der Waals surface area contributed by atoms with Crippen molar-refractivity contribution in [3.63, 3.8) is 0 Å². The molecule has 0 aliphatic carbocycles. The zero-order valence-corrected chi connectivity index (χ0v) is 8.31. The van der Waals surface area contributed by atoms with Gasteiger partial charge >= 0.3 is 5.97 Å². The summed E-state index contributed by atoms with van der Waals surface area (Å²) >= 11 is 0. The van der Waals surface area contributed by atoms with Crippen molar-refractivity contribution in [2.45, 2.75) is 5.92 Å². The van der Waals surface area contributed by atoms with E-state index in [1.807, 2.05) is 6.07 Å². The second kappa shape index (κ2) is 4.15. The molecule has 0 spiro atoms. The average Bonchev–Trinajstić information content (AvgIpc) is 2.69. The SMILES string of the molecule is N#CC(C1=CCOC1=O)c1ccc(F)cc1. The lowest BCUT2D eigenvalue weighted by atomic mass is 9.93. The molecule has 3 nitrogen and oxygen atoms in total. The summed E-state index contributed by atoms with van der Waals surface area (Å²) in [6, 6.07) is 7.54. The van der Waals surface area contributed by atoms with E-state index in [2.05, 4.69) is 0 Å². The first-order valence-corrected chi connectivity index (χ1v) is 4.74. The lowest BCUT2D eigenvalue weighted by Crippen LogP contribution is -2.08. The Kier molecular flexibility index (Phi) is 2.69. The number of hydrogen-bond acceptors (Lipinski definition) is 3. The Morgan fingerprint density at radius 1 is 1.38 bits per heavy atom. The highest BCUT2D eigenvalue weighted by molar-refractivity contribution is 5.92. The Morgan fingerprint density at radius 2 is 2.06 bits per heavy atom. The van der Waals surface area contributed by atoms with Gasteiger partial charge in [-0.1, -0.05) is 12.1 Å². The van der Waals surface area contributed by atoms with Gasteiger partial charge in [0.25, 0.3) is 0 Å². The van der Waals surface area contributed by atoms with Crippen molar-refractivity contribution in [1.82, 2.24) is 0 Å². The zero-order valence-electron chi connectivity index (χ0n) is 8.31. The second-order valence-electron chi connectivity index (χ2n) is 3.37. The van der Waals surface area contributed by atoms with Crippen molar-refractivity contribution in [2.24, 2.45) is 0 Å². The summed E-state index contributed by atoms with van der Waals surface area (Å²) in [5, 5.41) is 9.03.